The summed E-state index contributed by atoms with van der Waals surface area (Å²) in [5.74, 6) is -0.0827. The summed E-state index contributed by atoms with van der Waals surface area (Å²) in [5, 5.41) is 0. The van der Waals surface area contributed by atoms with E-state index < -0.39 is 0 Å². The molecule has 1 saturated heterocycles. The number of hydrogen-bond donors (Lipinski definition) is 0. The van der Waals surface area contributed by atoms with Gasteiger partial charge in [-0.1, -0.05) is 12.1 Å². The zero-order valence-electron chi connectivity index (χ0n) is 7.72. The Morgan fingerprint density at radius 3 is 2.92 bits per heavy atom. The molecule has 2 heteroatoms. The third-order valence-corrected chi connectivity index (χ3v) is 2.35. The first kappa shape index (κ1) is 8.70. The van der Waals surface area contributed by atoms with E-state index in [2.05, 4.69) is 0 Å². The van der Waals surface area contributed by atoms with Crippen LogP contribution in [0.4, 0.5) is 4.39 Å². The Kier molecular flexibility index (Phi) is 2.32. The van der Waals surface area contributed by atoms with E-state index in [1.165, 1.54) is 0 Å². The molecular formula is C11H13FO. The fraction of sp³-hybridized carbons (Fsp3) is 0.455. The minimum absolute atomic E-state index is 0.0827. The standard InChI is InChI=1S/C11H13FO/c1-8-2-3-9(11(12)6-8)4-5-10-7-13-10/h2-3,6,10H,4-5,7H2,1H3. The maximum atomic E-state index is 13.3. The van der Waals surface area contributed by atoms with Crippen molar-refractivity contribution in [2.24, 2.45) is 0 Å². The molecule has 0 aliphatic carbocycles. The highest BCUT2D eigenvalue weighted by molar-refractivity contribution is 5.23. The van der Waals surface area contributed by atoms with Crippen LogP contribution in [0.15, 0.2) is 18.2 Å². The van der Waals surface area contributed by atoms with E-state index in [0.717, 1.165) is 30.6 Å². The van der Waals surface area contributed by atoms with Crippen LogP contribution >= 0.6 is 0 Å². The third-order valence-electron chi connectivity index (χ3n) is 2.35. The molecule has 0 aromatic heterocycles. The van der Waals surface area contributed by atoms with Gasteiger partial charge in [-0.25, -0.2) is 4.39 Å². The third kappa shape index (κ3) is 2.28. The van der Waals surface area contributed by atoms with Crippen molar-refractivity contribution >= 4 is 0 Å². The molecule has 1 atom stereocenters. The maximum Gasteiger partial charge on any atom is 0.126 e. The van der Waals surface area contributed by atoms with Crippen LogP contribution in [0.2, 0.25) is 0 Å². The first-order valence-electron chi connectivity index (χ1n) is 4.62. The predicted molar refractivity (Wildman–Crippen MR) is 49.2 cm³/mol. The molecule has 70 valence electrons. The van der Waals surface area contributed by atoms with Gasteiger partial charge in [-0.05, 0) is 37.0 Å². The van der Waals surface area contributed by atoms with Gasteiger partial charge in [0.15, 0.2) is 0 Å². The van der Waals surface area contributed by atoms with Crippen molar-refractivity contribution in [3.63, 3.8) is 0 Å². The lowest BCUT2D eigenvalue weighted by molar-refractivity contribution is 0.395. The van der Waals surface area contributed by atoms with E-state index >= 15 is 0 Å². The summed E-state index contributed by atoms with van der Waals surface area (Å²) >= 11 is 0. The molecule has 0 N–H and O–H groups in total. The van der Waals surface area contributed by atoms with E-state index in [1.54, 1.807) is 6.07 Å². The summed E-state index contributed by atoms with van der Waals surface area (Å²) in [6, 6.07) is 5.41. The molecule has 0 saturated carbocycles. The second-order valence-electron chi connectivity index (χ2n) is 3.59. The van der Waals surface area contributed by atoms with Crippen molar-refractivity contribution in [2.75, 3.05) is 6.61 Å². The van der Waals surface area contributed by atoms with Crippen molar-refractivity contribution in [3.8, 4) is 0 Å². The first-order valence-corrected chi connectivity index (χ1v) is 4.62. The Labute approximate surface area is 77.5 Å². The van der Waals surface area contributed by atoms with E-state index in [0.29, 0.717) is 6.10 Å². The van der Waals surface area contributed by atoms with Gasteiger partial charge in [0.05, 0.1) is 12.7 Å². The second-order valence-corrected chi connectivity index (χ2v) is 3.59. The molecule has 1 fully saturated rings. The minimum atomic E-state index is -0.0827. The lowest BCUT2D eigenvalue weighted by Gasteiger charge is -2.02. The Morgan fingerprint density at radius 1 is 1.54 bits per heavy atom. The molecule has 0 bridgehead atoms. The number of rotatable bonds is 3. The van der Waals surface area contributed by atoms with Gasteiger partial charge in [0.1, 0.15) is 5.82 Å². The van der Waals surface area contributed by atoms with Gasteiger partial charge < -0.3 is 4.74 Å². The molecule has 1 aliphatic heterocycles. The molecule has 1 aromatic rings. The summed E-state index contributed by atoms with van der Waals surface area (Å²) in [6.07, 6.45) is 2.12. The van der Waals surface area contributed by atoms with Crippen molar-refractivity contribution < 1.29 is 9.13 Å². The summed E-state index contributed by atoms with van der Waals surface area (Å²) in [7, 11) is 0. The zero-order valence-corrected chi connectivity index (χ0v) is 7.72. The molecule has 1 nitrogen and oxygen atoms in total. The lowest BCUT2D eigenvalue weighted by atomic mass is 10.1. The van der Waals surface area contributed by atoms with Crippen molar-refractivity contribution in [1.29, 1.82) is 0 Å². The lowest BCUT2D eigenvalue weighted by Crippen LogP contribution is -1.95. The van der Waals surface area contributed by atoms with E-state index in [4.69, 9.17) is 4.74 Å². The minimum Gasteiger partial charge on any atom is -0.373 e. The topological polar surface area (TPSA) is 12.5 Å². The molecule has 1 unspecified atom stereocenters. The molecule has 0 radical (unpaired) electrons. The SMILES string of the molecule is Cc1ccc(CCC2CO2)c(F)c1. The van der Waals surface area contributed by atoms with Crippen molar-refractivity contribution in [1.82, 2.24) is 0 Å². The van der Waals surface area contributed by atoms with Gasteiger partial charge in [0.25, 0.3) is 0 Å². The maximum absolute atomic E-state index is 13.3. The Balaban J connectivity index is 2.01. The predicted octanol–water partition coefficient (Wildman–Crippen LogP) is 2.47. The molecule has 0 amide bonds. The smallest absolute Gasteiger partial charge is 0.126 e. The highest BCUT2D eigenvalue weighted by atomic mass is 19.1. The van der Waals surface area contributed by atoms with Gasteiger partial charge in [-0.3, -0.25) is 0 Å². The van der Waals surface area contributed by atoms with Crippen LogP contribution in [-0.4, -0.2) is 12.7 Å². The molecule has 2 rings (SSSR count). The molecule has 0 spiro atoms. The molecule has 13 heavy (non-hydrogen) atoms. The van der Waals surface area contributed by atoms with Crippen molar-refractivity contribution in [3.05, 3.63) is 35.1 Å². The van der Waals surface area contributed by atoms with E-state index in [1.807, 2.05) is 19.1 Å². The van der Waals surface area contributed by atoms with Crippen LogP contribution in [-0.2, 0) is 11.2 Å². The van der Waals surface area contributed by atoms with Crippen molar-refractivity contribution in [2.45, 2.75) is 25.9 Å². The molecule has 1 aromatic carbocycles. The molecule has 1 aliphatic rings. The number of halogens is 1. The quantitative estimate of drug-likeness (QED) is 0.651. The van der Waals surface area contributed by atoms with Crippen LogP contribution in [0.3, 0.4) is 0 Å². The second kappa shape index (κ2) is 3.46. The number of benzene rings is 1. The number of hydrogen-bond acceptors (Lipinski definition) is 1. The fourth-order valence-electron chi connectivity index (χ4n) is 1.41. The van der Waals surface area contributed by atoms with E-state index in [9.17, 15) is 4.39 Å². The normalized spacial score (nSPS) is 20.3. The van der Waals surface area contributed by atoms with Crippen LogP contribution in [0.25, 0.3) is 0 Å². The molecular weight excluding hydrogens is 167 g/mol. The van der Waals surface area contributed by atoms with Crippen LogP contribution < -0.4 is 0 Å². The van der Waals surface area contributed by atoms with Gasteiger partial charge in [0.2, 0.25) is 0 Å². The van der Waals surface area contributed by atoms with Gasteiger partial charge in [-0.2, -0.15) is 0 Å². The number of ether oxygens (including phenoxy) is 1. The highest BCUT2D eigenvalue weighted by Crippen LogP contribution is 2.18. The summed E-state index contributed by atoms with van der Waals surface area (Å²) < 4.78 is 18.4. The summed E-state index contributed by atoms with van der Waals surface area (Å²) in [5.41, 5.74) is 1.78. The fourth-order valence-corrected chi connectivity index (χ4v) is 1.41. The summed E-state index contributed by atoms with van der Waals surface area (Å²) in [6.45, 7) is 2.75. The Bertz CT molecular complexity index is 305. The number of epoxide rings is 1. The van der Waals surface area contributed by atoms with Gasteiger partial charge in [0, 0.05) is 0 Å². The summed E-state index contributed by atoms with van der Waals surface area (Å²) in [4.78, 5) is 0. The van der Waals surface area contributed by atoms with Crippen LogP contribution in [0.5, 0.6) is 0 Å². The Morgan fingerprint density at radius 2 is 2.31 bits per heavy atom. The molecule has 1 heterocycles. The monoisotopic (exact) mass is 180 g/mol. The average Bonchev–Trinajstić information content (AvgIpc) is 2.86. The zero-order chi connectivity index (χ0) is 9.26. The van der Waals surface area contributed by atoms with E-state index in [-0.39, 0.29) is 5.82 Å². The highest BCUT2D eigenvalue weighted by Gasteiger charge is 2.22. The van der Waals surface area contributed by atoms with Gasteiger partial charge >= 0.3 is 0 Å². The van der Waals surface area contributed by atoms with Crippen LogP contribution in [0, 0.1) is 12.7 Å². The van der Waals surface area contributed by atoms with Crippen LogP contribution in [0.1, 0.15) is 17.5 Å². The first-order chi connectivity index (χ1) is 6.25. The van der Waals surface area contributed by atoms with Gasteiger partial charge in [-0.15, -0.1) is 0 Å². The Hall–Kier alpha value is -0.890. The largest absolute Gasteiger partial charge is 0.373 e. The average molecular weight is 180 g/mol. The number of aryl methyl sites for hydroxylation is 2.